The topological polar surface area (TPSA) is 42.0 Å². The van der Waals surface area contributed by atoms with Crippen molar-refractivity contribution in [2.24, 2.45) is 0 Å². The third-order valence-electron chi connectivity index (χ3n) is 5.98. The smallest absolute Gasteiger partial charge is 0.222 e. The van der Waals surface area contributed by atoms with E-state index in [2.05, 4.69) is 21.9 Å². The normalized spacial score (nSPS) is 30.4. The molecule has 2 atom stereocenters. The van der Waals surface area contributed by atoms with Crippen molar-refractivity contribution in [2.75, 3.05) is 33.4 Å². The third kappa shape index (κ3) is 3.53. The number of amides is 1. The number of hydrogen-bond donors (Lipinski definition) is 0. The zero-order chi connectivity index (χ0) is 17.3. The number of ether oxygens (including phenoxy) is 2. The van der Waals surface area contributed by atoms with Gasteiger partial charge in [-0.3, -0.25) is 9.69 Å². The molecular weight excluding hydrogens is 316 g/mol. The Morgan fingerprint density at radius 1 is 1.28 bits per heavy atom. The highest BCUT2D eigenvalue weighted by atomic mass is 16.5. The summed E-state index contributed by atoms with van der Waals surface area (Å²) in [6, 6.07) is 8.69. The van der Waals surface area contributed by atoms with Crippen LogP contribution in [-0.4, -0.2) is 60.7 Å². The Balaban J connectivity index is 1.37. The van der Waals surface area contributed by atoms with Crippen molar-refractivity contribution in [3.8, 4) is 5.75 Å². The number of hydrogen-bond acceptors (Lipinski definition) is 4. The summed E-state index contributed by atoms with van der Waals surface area (Å²) in [5, 5.41) is 0. The number of benzene rings is 1. The highest BCUT2D eigenvalue weighted by Crippen LogP contribution is 2.37. The van der Waals surface area contributed by atoms with Gasteiger partial charge in [-0.2, -0.15) is 0 Å². The van der Waals surface area contributed by atoms with Gasteiger partial charge in [-0.05, 0) is 43.4 Å². The Labute approximate surface area is 149 Å². The van der Waals surface area contributed by atoms with Gasteiger partial charge in [0, 0.05) is 45.2 Å². The first-order valence-corrected chi connectivity index (χ1v) is 9.46. The van der Waals surface area contributed by atoms with Crippen LogP contribution in [0.2, 0.25) is 0 Å². The van der Waals surface area contributed by atoms with Crippen LogP contribution in [0.5, 0.6) is 5.75 Å². The van der Waals surface area contributed by atoms with Crippen molar-refractivity contribution in [1.29, 1.82) is 0 Å². The summed E-state index contributed by atoms with van der Waals surface area (Å²) in [4.78, 5) is 16.7. The van der Waals surface area contributed by atoms with Crippen molar-refractivity contribution < 1.29 is 14.3 Å². The summed E-state index contributed by atoms with van der Waals surface area (Å²) < 4.78 is 11.5. The van der Waals surface area contributed by atoms with E-state index in [0.717, 1.165) is 70.6 Å². The van der Waals surface area contributed by atoms with Crippen LogP contribution >= 0.6 is 0 Å². The molecule has 0 N–H and O–H groups in total. The Morgan fingerprint density at radius 3 is 2.84 bits per heavy atom. The predicted octanol–water partition coefficient (Wildman–Crippen LogP) is 2.44. The molecule has 0 aliphatic carbocycles. The minimum Gasteiger partial charge on any atom is -0.497 e. The Bertz CT molecular complexity index is 618. The summed E-state index contributed by atoms with van der Waals surface area (Å²) in [6.07, 6.45) is 4.81. The number of nitrogens with zero attached hydrogens (tertiary/aromatic N) is 2. The first kappa shape index (κ1) is 16.9. The van der Waals surface area contributed by atoms with Crippen LogP contribution < -0.4 is 4.74 Å². The molecule has 1 aromatic rings. The van der Waals surface area contributed by atoms with Crippen LogP contribution in [-0.2, 0) is 16.1 Å². The molecule has 1 aromatic carbocycles. The maximum atomic E-state index is 12.1. The SMILES string of the molecule is COc1ccc(CN2CC[C@@]3(C[C@@H](N4CCCC4=O)CCO3)C2)cc1. The lowest BCUT2D eigenvalue weighted by molar-refractivity contribution is -0.137. The fourth-order valence-electron chi connectivity index (χ4n) is 4.66. The number of methoxy groups -OCH3 is 1. The molecule has 3 saturated heterocycles. The average molecular weight is 344 g/mol. The number of likely N-dealkylation sites (tertiary alicyclic amines) is 2. The summed E-state index contributed by atoms with van der Waals surface area (Å²) in [6.45, 7) is 4.70. The highest BCUT2D eigenvalue weighted by Gasteiger charge is 2.45. The van der Waals surface area contributed by atoms with Crippen LogP contribution in [0.15, 0.2) is 24.3 Å². The summed E-state index contributed by atoms with van der Waals surface area (Å²) in [7, 11) is 1.70. The van der Waals surface area contributed by atoms with Gasteiger partial charge in [0.05, 0.1) is 12.7 Å². The molecule has 0 bridgehead atoms. The molecule has 0 unspecified atom stereocenters. The fourth-order valence-corrected chi connectivity index (χ4v) is 4.66. The molecular formula is C20H28N2O3. The average Bonchev–Trinajstić information content (AvgIpc) is 3.22. The first-order chi connectivity index (χ1) is 12.2. The molecule has 0 radical (unpaired) electrons. The second-order valence-corrected chi connectivity index (χ2v) is 7.68. The second kappa shape index (κ2) is 6.96. The van der Waals surface area contributed by atoms with E-state index in [1.807, 2.05) is 12.1 Å². The highest BCUT2D eigenvalue weighted by molar-refractivity contribution is 5.78. The summed E-state index contributed by atoms with van der Waals surface area (Å²) >= 11 is 0. The number of carbonyl (C=O) groups is 1. The van der Waals surface area contributed by atoms with Gasteiger partial charge in [-0.15, -0.1) is 0 Å². The van der Waals surface area contributed by atoms with Gasteiger partial charge in [0.25, 0.3) is 0 Å². The minimum absolute atomic E-state index is 0.0573. The van der Waals surface area contributed by atoms with E-state index in [4.69, 9.17) is 9.47 Å². The molecule has 3 heterocycles. The van der Waals surface area contributed by atoms with Gasteiger partial charge in [0.1, 0.15) is 5.75 Å². The zero-order valence-electron chi connectivity index (χ0n) is 15.1. The van der Waals surface area contributed by atoms with Crippen molar-refractivity contribution >= 4 is 5.91 Å². The molecule has 1 amide bonds. The van der Waals surface area contributed by atoms with E-state index < -0.39 is 0 Å². The molecule has 3 aliphatic rings. The molecule has 1 spiro atoms. The lowest BCUT2D eigenvalue weighted by Gasteiger charge is -2.41. The van der Waals surface area contributed by atoms with Gasteiger partial charge >= 0.3 is 0 Å². The van der Waals surface area contributed by atoms with Gasteiger partial charge in [0.15, 0.2) is 0 Å². The molecule has 0 saturated carbocycles. The van der Waals surface area contributed by atoms with Crippen LogP contribution in [0.1, 0.15) is 37.7 Å². The van der Waals surface area contributed by atoms with Crippen LogP contribution in [0.25, 0.3) is 0 Å². The molecule has 5 nitrogen and oxygen atoms in total. The molecule has 0 aromatic heterocycles. The fraction of sp³-hybridized carbons (Fsp3) is 0.650. The predicted molar refractivity (Wildman–Crippen MR) is 95.5 cm³/mol. The Morgan fingerprint density at radius 2 is 2.12 bits per heavy atom. The first-order valence-electron chi connectivity index (χ1n) is 9.46. The minimum atomic E-state index is -0.0573. The van der Waals surface area contributed by atoms with Gasteiger partial charge in [-0.1, -0.05) is 12.1 Å². The van der Waals surface area contributed by atoms with E-state index in [1.54, 1.807) is 7.11 Å². The van der Waals surface area contributed by atoms with Gasteiger partial charge in [-0.25, -0.2) is 0 Å². The molecule has 4 rings (SSSR count). The molecule has 136 valence electrons. The number of carbonyl (C=O) groups excluding carboxylic acids is 1. The molecule has 5 heteroatoms. The summed E-state index contributed by atoms with van der Waals surface area (Å²) in [5.41, 5.74) is 1.25. The van der Waals surface area contributed by atoms with Gasteiger partial charge in [0.2, 0.25) is 5.91 Å². The van der Waals surface area contributed by atoms with Gasteiger partial charge < -0.3 is 14.4 Å². The lowest BCUT2D eigenvalue weighted by atomic mass is 9.89. The second-order valence-electron chi connectivity index (χ2n) is 7.68. The van der Waals surface area contributed by atoms with Crippen molar-refractivity contribution in [2.45, 2.75) is 50.3 Å². The van der Waals surface area contributed by atoms with Crippen LogP contribution in [0, 0.1) is 0 Å². The van der Waals surface area contributed by atoms with Crippen molar-refractivity contribution in [1.82, 2.24) is 9.80 Å². The van der Waals surface area contributed by atoms with Crippen molar-refractivity contribution in [3.63, 3.8) is 0 Å². The standard InChI is InChI=1S/C20H28N2O3/c1-24-18-6-4-16(5-7-18)14-21-11-9-20(15-21)13-17(8-12-25-20)22-10-2-3-19(22)23/h4-7,17H,2-3,8-15H2,1H3/t17-,20+/m0/s1. The van der Waals surface area contributed by atoms with Crippen LogP contribution in [0.3, 0.4) is 0 Å². The van der Waals surface area contributed by atoms with E-state index >= 15 is 0 Å². The molecule has 3 aliphatic heterocycles. The zero-order valence-corrected chi connectivity index (χ0v) is 15.1. The third-order valence-corrected chi connectivity index (χ3v) is 5.98. The maximum absolute atomic E-state index is 12.1. The van der Waals surface area contributed by atoms with E-state index in [1.165, 1.54) is 5.56 Å². The quantitative estimate of drug-likeness (QED) is 0.841. The molecule has 3 fully saturated rings. The number of rotatable bonds is 4. The summed E-state index contributed by atoms with van der Waals surface area (Å²) in [5.74, 6) is 1.24. The Kier molecular flexibility index (Phi) is 4.69. The van der Waals surface area contributed by atoms with Crippen molar-refractivity contribution in [3.05, 3.63) is 29.8 Å². The van der Waals surface area contributed by atoms with E-state index in [-0.39, 0.29) is 5.60 Å². The van der Waals surface area contributed by atoms with E-state index in [0.29, 0.717) is 11.9 Å². The molecule has 25 heavy (non-hydrogen) atoms. The van der Waals surface area contributed by atoms with Crippen LogP contribution in [0.4, 0.5) is 0 Å². The largest absolute Gasteiger partial charge is 0.497 e. The Hall–Kier alpha value is -1.59. The lowest BCUT2D eigenvalue weighted by Crippen LogP contribution is -2.50. The van der Waals surface area contributed by atoms with E-state index in [9.17, 15) is 4.79 Å². The monoisotopic (exact) mass is 344 g/mol. The maximum Gasteiger partial charge on any atom is 0.222 e.